The van der Waals surface area contributed by atoms with Crippen LogP contribution in [0.5, 0.6) is 5.75 Å². The van der Waals surface area contributed by atoms with Crippen molar-refractivity contribution in [1.82, 2.24) is 4.90 Å². The SMILES string of the molecule is COc1ccc(CC(=O)N2[C@H]3CC[C@H]2CC(O)(c2ccco2)C3)cc1. The van der Waals surface area contributed by atoms with Gasteiger partial charge in [-0.05, 0) is 42.7 Å². The Bertz CT molecular complexity index is 724. The predicted octanol–water partition coefficient (Wildman–Crippen LogP) is 2.87. The largest absolute Gasteiger partial charge is 0.497 e. The van der Waals surface area contributed by atoms with Gasteiger partial charge in [0.2, 0.25) is 5.91 Å². The van der Waals surface area contributed by atoms with Crippen molar-refractivity contribution in [2.45, 2.75) is 49.8 Å². The minimum absolute atomic E-state index is 0.0830. The molecule has 132 valence electrons. The molecule has 1 amide bonds. The highest BCUT2D eigenvalue weighted by Gasteiger charge is 2.51. The Labute approximate surface area is 147 Å². The lowest BCUT2D eigenvalue weighted by atomic mass is 9.84. The van der Waals surface area contributed by atoms with E-state index in [0.717, 1.165) is 24.2 Å². The number of fused-ring (bicyclic) bond motifs is 2. The molecule has 0 spiro atoms. The second-order valence-corrected chi connectivity index (χ2v) is 7.13. The normalized spacial score (nSPS) is 28.2. The molecule has 0 unspecified atom stereocenters. The highest BCUT2D eigenvalue weighted by Crippen LogP contribution is 2.46. The molecule has 1 aromatic carbocycles. The van der Waals surface area contributed by atoms with Gasteiger partial charge in [0, 0.05) is 24.9 Å². The third kappa shape index (κ3) is 2.93. The molecule has 1 N–H and O–H groups in total. The highest BCUT2D eigenvalue weighted by molar-refractivity contribution is 5.80. The monoisotopic (exact) mass is 341 g/mol. The molecule has 2 aliphatic heterocycles. The lowest BCUT2D eigenvalue weighted by Crippen LogP contribution is -2.52. The van der Waals surface area contributed by atoms with Crippen LogP contribution in [0, 0.1) is 0 Å². The summed E-state index contributed by atoms with van der Waals surface area (Å²) in [6.45, 7) is 0. The third-order valence-corrected chi connectivity index (χ3v) is 5.55. The fourth-order valence-corrected chi connectivity index (χ4v) is 4.39. The van der Waals surface area contributed by atoms with E-state index in [0.29, 0.717) is 25.0 Å². The van der Waals surface area contributed by atoms with Crippen LogP contribution in [0.2, 0.25) is 0 Å². The Morgan fingerprint density at radius 3 is 2.48 bits per heavy atom. The Balaban J connectivity index is 1.48. The van der Waals surface area contributed by atoms with Crippen molar-refractivity contribution < 1.29 is 19.1 Å². The molecule has 2 bridgehead atoms. The van der Waals surface area contributed by atoms with E-state index in [4.69, 9.17) is 9.15 Å². The Kier molecular flexibility index (Phi) is 4.04. The maximum Gasteiger partial charge on any atom is 0.227 e. The van der Waals surface area contributed by atoms with E-state index >= 15 is 0 Å². The molecular formula is C20H23NO4. The van der Waals surface area contributed by atoms with Crippen molar-refractivity contribution in [3.8, 4) is 5.75 Å². The summed E-state index contributed by atoms with van der Waals surface area (Å²) in [6.07, 6.45) is 4.97. The van der Waals surface area contributed by atoms with E-state index in [1.165, 1.54) is 0 Å². The molecular weight excluding hydrogens is 318 g/mol. The number of carbonyl (C=O) groups excluding carboxylic acids is 1. The molecule has 2 aromatic rings. The number of benzene rings is 1. The number of amides is 1. The van der Waals surface area contributed by atoms with Crippen molar-refractivity contribution in [2.75, 3.05) is 7.11 Å². The van der Waals surface area contributed by atoms with E-state index < -0.39 is 5.60 Å². The predicted molar refractivity (Wildman–Crippen MR) is 92.2 cm³/mol. The third-order valence-electron chi connectivity index (χ3n) is 5.55. The van der Waals surface area contributed by atoms with Gasteiger partial charge in [-0.2, -0.15) is 0 Å². The first-order valence-corrected chi connectivity index (χ1v) is 8.79. The van der Waals surface area contributed by atoms with Gasteiger partial charge in [-0.3, -0.25) is 4.79 Å². The molecule has 3 heterocycles. The fourth-order valence-electron chi connectivity index (χ4n) is 4.39. The van der Waals surface area contributed by atoms with Crippen LogP contribution in [0.4, 0.5) is 0 Å². The minimum atomic E-state index is -0.952. The summed E-state index contributed by atoms with van der Waals surface area (Å²) in [5, 5.41) is 11.0. The molecule has 2 aliphatic rings. The quantitative estimate of drug-likeness (QED) is 0.929. The van der Waals surface area contributed by atoms with E-state index in [2.05, 4.69) is 0 Å². The number of nitrogens with zero attached hydrogens (tertiary/aromatic N) is 1. The van der Waals surface area contributed by atoms with Gasteiger partial charge in [0.25, 0.3) is 0 Å². The molecule has 5 heteroatoms. The Morgan fingerprint density at radius 1 is 1.24 bits per heavy atom. The summed E-state index contributed by atoms with van der Waals surface area (Å²) in [7, 11) is 1.63. The van der Waals surface area contributed by atoms with E-state index in [1.807, 2.05) is 35.2 Å². The maximum absolute atomic E-state index is 12.9. The molecule has 25 heavy (non-hydrogen) atoms. The second-order valence-electron chi connectivity index (χ2n) is 7.13. The standard InChI is InChI=1S/C20H23NO4/c1-24-17-8-4-14(5-9-17)11-19(22)21-15-6-7-16(21)13-20(23,12-15)18-3-2-10-25-18/h2-5,8-10,15-16,23H,6-7,11-13H2,1H3/t15-,16-/m0/s1. The van der Waals surface area contributed by atoms with Crippen LogP contribution >= 0.6 is 0 Å². The van der Waals surface area contributed by atoms with Gasteiger partial charge in [0.1, 0.15) is 17.1 Å². The molecule has 2 saturated heterocycles. The summed E-state index contributed by atoms with van der Waals surface area (Å²) in [5.74, 6) is 1.54. The van der Waals surface area contributed by atoms with Crippen LogP contribution in [0.25, 0.3) is 0 Å². The van der Waals surface area contributed by atoms with Gasteiger partial charge in [-0.15, -0.1) is 0 Å². The number of rotatable bonds is 4. The van der Waals surface area contributed by atoms with Gasteiger partial charge >= 0.3 is 0 Å². The smallest absolute Gasteiger partial charge is 0.227 e. The Hall–Kier alpha value is -2.27. The van der Waals surface area contributed by atoms with Crippen LogP contribution in [-0.4, -0.2) is 35.1 Å². The van der Waals surface area contributed by atoms with Crippen molar-refractivity contribution in [3.05, 3.63) is 54.0 Å². The van der Waals surface area contributed by atoms with Crippen LogP contribution in [0.3, 0.4) is 0 Å². The molecule has 0 aliphatic carbocycles. The second kappa shape index (κ2) is 6.23. The zero-order chi connectivity index (χ0) is 17.4. The summed E-state index contributed by atoms with van der Waals surface area (Å²) in [6, 6.07) is 11.4. The number of ether oxygens (including phenoxy) is 1. The highest BCUT2D eigenvalue weighted by atomic mass is 16.5. The van der Waals surface area contributed by atoms with Crippen LogP contribution < -0.4 is 4.74 Å². The lowest BCUT2D eigenvalue weighted by Gasteiger charge is -2.43. The molecule has 0 radical (unpaired) electrons. The first-order valence-electron chi connectivity index (χ1n) is 8.79. The first kappa shape index (κ1) is 16.2. The van der Waals surface area contributed by atoms with E-state index in [9.17, 15) is 9.90 Å². The van der Waals surface area contributed by atoms with Crippen molar-refractivity contribution >= 4 is 5.91 Å². The van der Waals surface area contributed by atoms with E-state index in [-0.39, 0.29) is 18.0 Å². The van der Waals surface area contributed by atoms with Gasteiger partial charge < -0.3 is 19.2 Å². The summed E-state index contributed by atoms with van der Waals surface area (Å²) in [4.78, 5) is 14.9. The number of methoxy groups -OCH3 is 1. The number of hydrogen-bond acceptors (Lipinski definition) is 4. The van der Waals surface area contributed by atoms with Crippen molar-refractivity contribution in [1.29, 1.82) is 0 Å². The number of aliphatic hydroxyl groups is 1. The van der Waals surface area contributed by atoms with Crippen LogP contribution in [0.1, 0.15) is 37.0 Å². The molecule has 1 aromatic heterocycles. The number of carbonyl (C=O) groups is 1. The number of furan rings is 1. The van der Waals surface area contributed by atoms with E-state index in [1.54, 1.807) is 19.4 Å². The molecule has 2 atom stereocenters. The fraction of sp³-hybridized carbons (Fsp3) is 0.450. The minimum Gasteiger partial charge on any atom is -0.497 e. The summed E-state index contributed by atoms with van der Waals surface area (Å²) in [5.41, 5.74) is 0.0312. The van der Waals surface area contributed by atoms with Gasteiger partial charge in [-0.25, -0.2) is 0 Å². The molecule has 4 rings (SSSR count). The van der Waals surface area contributed by atoms with Crippen LogP contribution in [-0.2, 0) is 16.8 Å². The summed E-state index contributed by atoms with van der Waals surface area (Å²) < 4.78 is 10.6. The van der Waals surface area contributed by atoms with Crippen molar-refractivity contribution in [3.63, 3.8) is 0 Å². The molecule has 2 fully saturated rings. The number of piperidine rings is 1. The van der Waals surface area contributed by atoms with Crippen molar-refractivity contribution in [2.24, 2.45) is 0 Å². The zero-order valence-corrected chi connectivity index (χ0v) is 14.4. The maximum atomic E-state index is 12.9. The molecule has 0 saturated carbocycles. The number of hydrogen-bond donors (Lipinski definition) is 1. The lowest BCUT2D eigenvalue weighted by molar-refractivity contribution is -0.142. The van der Waals surface area contributed by atoms with Gasteiger partial charge in [0.15, 0.2) is 0 Å². The Morgan fingerprint density at radius 2 is 1.92 bits per heavy atom. The zero-order valence-electron chi connectivity index (χ0n) is 14.4. The van der Waals surface area contributed by atoms with Gasteiger partial charge in [0.05, 0.1) is 19.8 Å². The van der Waals surface area contributed by atoms with Gasteiger partial charge in [-0.1, -0.05) is 12.1 Å². The average Bonchev–Trinajstić information content (AvgIpc) is 3.24. The molecule has 5 nitrogen and oxygen atoms in total. The summed E-state index contributed by atoms with van der Waals surface area (Å²) >= 11 is 0. The first-order chi connectivity index (χ1) is 12.1. The topological polar surface area (TPSA) is 62.9 Å². The van der Waals surface area contributed by atoms with Crippen LogP contribution in [0.15, 0.2) is 47.1 Å². The average molecular weight is 341 g/mol.